The summed E-state index contributed by atoms with van der Waals surface area (Å²) in [5.41, 5.74) is 4.46. The number of pyridine rings is 1. The van der Waals surface area contributed by atoms with Gasteiger partial charge in [0.05, 0.1) is 17.0 Å². The topological polar surface area (TPSA) is 88.0 Å². The molecule has 1 aromatic carbocycles. The molecule has 3 aromatic rings. The lowest BCUT2D eigenvalue weighted by atomic mass is 9.91. The van der Waals surface area contributed by atoms with Gasteiger partial charge in [-0.3, -0.25) is 9.59 Å². The number of halogens is 1. The first-order chi connectivity index (χ1) is 13.8. The maximum absolute atomic E-state index is 11.7. The van der Waals surface area contributed by atoms with Gasteiger partial charge in [-0.25, -0.2) is 4.98 Å². The highest BCUT2D eigenvalue weighted by Gasteiger charge is 2.19. The summed E-state index contributed by atoms with van der Waals surface area (Å²) in [6.07, 6.45) is 3.73. The number of hydrogen-bond donors (Lipinski definition) is 2. The van der Waals surface area contributed by atoms with Gasteiger partial charge in [0.1, 0.15) is 5.82 Å². The van der Waals surface area contributed by atoms with Gasteiger partial charge in [0.15, 0.2) is 0 Å². The molecule has 2 heterocycles. The molecule has 0 unspecified atom stereocenters. The molecule has 30 heavy (non-hydrogen) atoms. The van der Waals surface area contributed by atoms with Gasteiger partial charge in [0, 0.05) is 23.9 Å². The summed E-state index contributed by atoms with van der Waals surface area (Å²) in [6, 6.07) is 8.03. The fourth-order valence-electron chi connectivity index (χ4n) is 3.85. The molecule has 6 nitrogen and oxygen atoms in total. The molecule has 0 amide bonds. The van der Waals surface area contributed by atoms with Crippen molar-refractivity contribution in [1.82, 2.24) is 14.5 Å². The molecular weight excluding hydrogens is 402 g/mol. The van der Waals surface area contributed by atoms with Crippen LogP contribution < -0.4 is 5.56 Å². The predicted octanol–water partition coefficient (Wildman–Crippen LogP) is 4.82. The second-order valence-corrected chi connectivity index (χ2v) is 8.11. The molecule has 0 bridgehead atoms. The summed E-state index contributed by atoms with van der Waals surface area (Å²) in [5, 5.41) is 9.47. The van der Waals surface area contributed by atoms with E-state index in [2.05, 4.69) is 48.5 Å². The highest BCUT2D eigenvalue weighted by atomic mass is 35.5. The largest absolute Gasteiger partial charge is 0.481 e. The number of imidazole rings is 1. The molecule has 0 spiro atoms. The number of nitrogens with zero attached hydrogens (tertiary/aromatic N) is 2. The Morgan fingerprint density at radius 2 is 2.00 bits per heavy atom. The van der Waals surface area contributed by atoms with Crippen molar-refractivity contribution in [2.45, 2.75) is 53.5 Å². The molecule has 0 aliphatic heterocycles. The molecule has 0 fully saturated rings. The van der Waals surface area contributed by atoms with Crippen LogP contribution in [0.2, 0.25) is 0 Å². The van der Waals surface area contributed by atoms with Gasteiger partial charge in [-0.05, 0) is 62.8 Å². The minimum atomic E-state index is -0.717. The Bertz CT molecular complexity index is 1080. The van der Waals surface area contributed by atoms with Gasteiger partial charge in [-0.2, -0.15) is 0 Å². The number of aryl methyl sites for hydroxylation is 3. The third-order valence-corrected chi connectivity index (χ3v) is 5.36. The normalized spacial score (nSPS) is 12.2. The van der Waals surface area contributed by atoms with Crippen molar-refractivity contribution >= 4 is 29.4 Å². The van der Waals surface area contributed by atoms with Crippen LogP contribution in [0.25, 0.3) is 22.4 Å². The number of benzene rings is 1. The number of fused-ring (bicyclic) bond motifs is 1. The van der Waals surface area contributed by atoms with E-state index < -0.39 is 5.97 Å². The molecule has 162 valence electrons. The first kappa shape index (κ1) is 23.7. The number of H-pyrrole nitrogens is 1. The van der Waals surface area contributed by atoms with Crippen LogP contribution in [-0.2, 0) is 17.8 Å². The SMILES string of the molecule is CCn1c(-c2c[nH]c(=O)c(C)c2)nc2cc(CC[C@@H](CC(C)C)C(=O)O)ccc21.Cl. The molecule has 2 N–H and O–H groups in total. The maximum Gasteiger partial charge on any atom is 0.306 e. The number of aromatic amines is 1. The minimum Gasteiger partial charge on any atom is -0.481 e. The maximum atomic E-state index is 11.7. The number of carboxylic acids is 1. The van der Waals surface area contributed by atoms with Gasteiger partial charge >= 0.3 is 5.97 Å². The molecule has 0 aliphatic rings. The Kier molecular flexibility index (Phi) is 7.84. The molecule has 2 aromatic heterocycles. The van der Waals surface area contributed by atoms with E-state index in [-0.39, 0.29) is 23.9 Å². The Labute approximate surface area is 182 Å². The fraction of sp³-hybridized carbons (Fsp3) is 0.435. The summed E-state index contributed by atoms with van der Waals surface area (Å²) < 4.78 is 2.13. The van der Waals surface area contributed by atoms with Crippen LogP contribution in [0.4, 0.5) is 0 Å². The van der Waals surface area contributed by atoms with E-state index in [9.17, 15) is 14.7 Å². The quantitative estimate of drug-likeness (QED) is 0.535. The number of hydrogen-bond acceptors (Lipinski definition) is 3. The van der Waals surface area contributed by atoms with Crippen molar-refractivity contribution in [1.29, 1.82) is 0 Å². The zero-order valence-electron chi connectivity index (χ0n) is 17.9. The summed E-state index contributed by atoms with van der Waals surface area (Å²) in [7, 11) is 0. The fourth-order valence-corrected chi connectivity index (χ4v) is 3.85. The average Bonchev–Trinajstić information content (AvgIpc) is 3.04. The number of carbonyl (C=O) groups is 1. The predicted molar refractivity (Wildman–Crippen MR) is 122 cm³/mol. The molecule has 0 radical (unpaired) electrons. The third kappa shape index (κ3) is 5.11. The van der Waals surface area contributed by atoms with E-state index in [0.29, 0.717) is 30.7 Å². The Morgan fingerprint density at radius 1 is 1.27 bits per heavy atom. The Morgan fingerprint density at radius 3 is 2.60 bits per heavy atom. The highest BCUT2D eigenvalue weighted by molar-refractivity contribution is 5.85. The molecular formula is C23H30ClN3O3. The summed E-state index contributed by atoms with van der Waals surface area (Å²) in [5.74, 6) is 0.147. The van der Waals surface area contributed by atoms with Gasteiger partial charge in [-0.15, -0.1) is 12.4 Å². The van der Waals surface area contributed by atoms with Gasteiger partial charge in [0.2, 0.25) is 0 Å². The first-order valence-electron chi connectivity index (χ1n) is 10.2. The summed E-state index contributed by atoms with van der Waals surface area (Å²) in [4.78, 5) is 30.8. The second-order valence-electron chi connectivity index (χ2n) is 8.11. The smallest absolute Gasteiger partial charge is 0.306 e. The van der Waals surface area contributed by atoms with Crippen molar-refractivity contribution in [2.75, 3.05) is 0 Å². The van der Waals surface area contributed by atoms with Crippen LogP contribution >= 0.6 is 12.4 Å². The van der Waals surface area contributed by atoms with E-state index in [1.807, 2.05) is 6.07 Å². The average molecular weight is 432 g/mol. The van der Waals surface area contributed by atoms with Crippen LogP contribution in [0.3, 0.4) is 0 Å². The lowest BCUT2D eigenvalue weighted by Crippen LogP contribution is -2.16. The van der Waals surface area contributed by atoms with Gasteiger partial charge in [0.25, 0.3) is 5.56 Å². The third-order valence-electron chi connectivity index (χ3n) is 5.36. The molecule has 0 aliphatic carbocycles. The van der Waals surface area contributed by atoms with Crippen LogP contribution in [-0.4, -0.2) is 25.6 Å². The molecule has 0 saturated heterocycles. The minimum absolute atomic E-state index is 0. The lowest BCUT2D eigenvalue weighted by molar-refractivity contribution is -0.142. The molecule has 3 rings (SSSR count). The van der Waals surface area contributed by atoms with E-state index in [4.69, 9.17) is 4.98 Å². The first-order valence-corrected chi connectivity index (χ1v) is 10.2. The van der Waals surface area contributed by atoms with Crippen molar-refractivity contribution in [3.8, 4) is 11.4 Å². The van der Waals surface area contributed by atoms with Crippen molar-refractivity contribution in [2.24, 2.45) is 11.8 Å². The summed E-state index contributed by atoms with van der Waals surface area (Å²) >= 11 is 0. The van der Waals surface area contributed by atoms with Crippen LogP contribution in [0.15, 0.2) is 35.3 Å². The van der Waals surface area contributed by atoms with E-state index in [0.717, 1.165) is 34.5 Å². The molecule has 7 heteroatoms. The van der Waals surface area contributed by atoms with E-state index in [1.165, 1.54) is 0 Å². The zero-order valence-corrected chi connectivity index (χ0v) is 18.8. The van der Waals surface area contributed by atoms with Crippen molar-refractivity contribution < 1.29 is 9.90 Å². The van der Waals surface area contributed by atoms with Gasteiger partial charge < -0.3 is 14.7 Å². The van der Waals surface area contributed by atoms with E-state index >= 15 is 0 Å². The number of aliphatic carboxylic acids is 1. The van der Waals surface area contributed by atoms with Crippen molar-refractivity contribution in [3.05, 3.63) is 51.9 Å². The van der Waals surface area contributed by atoms with Crippen molar-refractivity contribution in [3.63, 3.8) is 0 Å². The summed E-state index contributed by atoms with van der Waals surface area (Å²) in [6.45, 7) is 8.73. The van der Waals surface area contributed by atoms with Gasteiger partial charge in [-0.1, -0.05) is 19.9 Å². The number of rotatable bonds is 8. The molecule has 0 saturated carbocycles. The zero-order chi connectivity index (χ0) is 21.1. The Hall–Kier alpha value is -2.60. The number of carboxylic acid groups (broad SMARTS) is 1. The van der Waals surface area contributed by atoms with Crippen LogP contribution in [0.1, 0.15) is 44.7 Å². The van der Waals surface area contributed by atoms with Crippen LogP contribution in [0, 0.1) is 18.8 Å². The lowest BCUT2D eigenvalue weighted by Gasteiger charge is -2.14. The molecule has 1 atom stereocenters. The monoisotopic (exact) mass is 431 g/mol. The number of aromatic nitrogens is 3. The second kappa shape index (κ2) is 9.94. The van der Waals surface area contributed by atoms with Crippen LogP contribution in [0.5, 0.6) is 0 Å². The standard InChI is InChI=1S/C23H29N3O3.ClH/c1-5-26-20-9-7-16(6-8-17(23(28)29)10-14(2)3)12-19(20)25-21(26)18-11-15(4)22(27)24-13-18;/h7,9,11-14,17H,5-6,8,10H2,1-4H3,(H,24,27)(H,28,29);1H/t17-;/m0./s1. The van der Waals surface area contributed by atoms with E-state index in [1.54, 1.807) is 13.1 Å². The number of nitrogens with one attached hydrogen (secondary N) is 1. The Balaban J connectivity index is 0.00000320. The highest BCUT2D eigenvalue weighted by Crippen LogP contribution is 2.26.